The number of aryl methyl sites for hydroxylation is 1. The summed E-state index contributed by atoms with van der Waals surface area (Å²) in [4.78, 5) is 2.19. The zero-order chi connectivity index (χ0) is 26.0. The minimum Gasteiger partial charge on any atom is -0.295 e. The third kappa shape index (κ3) is 5.54. The van der Waals surface area contributed by atoms with Gasteiger partial charge < -0.3 is 0 Å². The first kappa shape index (κ1) is 25.4. The first-order chi connectivity index (χ1) is 17.8. The van der Waals surface area contributed by atoms with Crippen molar-refractivity contribution in [2.45, 2.75) is 31.9 Å². The average Bonchev–Trinajstić information content (AvgIpc) is 3.04. The molecule has 0 aromatic heterocycles. The first-order valence-corrected chi connectivity index (χ1v) is 12.6. The van der Waals surface area contributed by atoms with Crippen LogP contribution >= 0.6 is 0 Å². The van der Waals surface area contributed by atoms with Gasteiger partial charge in [-0.1, -0.05) is 54.6 Å². The average molecular weight is 510 g/mol. The number of rotatable bonds is 6. The smallest absolute Gasteiger partial charge is 0.295 e. The van der Waals surface area contributed by atoms with E-state index in [1.54, 1.807) is 0 Å². The van der Waals surface area contributed by atoms with Crippen molar-refractivity contribution in [3.63, 3.8) is 0 Å². The van der Waals surface area contributed by atoms with E-state index in [0.29, 0.717) is 24.8 Å². The summed E-state index contributed by atoms with van der Waals surface area (Å²) >= 11 is 0. The summed E-state index contributed by atoms with van der Waals surface area (Å²) in [6.07, 6.45) is -0.112. The van der Waals surface area contributed by atoms with Crippen LogP contribution in [0.15, 0.2) is 72.3 Å². The van der Waals surface area contributed by atoms with Crippen LogP contribution in [0.25, 0.3) is 17.2 Å². The van der Waals surface area contributed by atoms with E-state index >= 15 is 0 Å². The van der Waals surface area contributed by atoms with Gasteiger partial charge in [0.1, 0.15) is 5.82 Å². The van der Waals surface area contributed by atoms with Crippen LogP contribution in [0.2, 0.25) is 0 Å². The number of hydrogen-bond donors (Lipinski definition) is 0. The van der Waals surface area contributed by atoms with Crippen molar-refractivity contribution in [1.82, 2.24) is 4.90 Å². The van der Waals surface area contributed by atoms with Gasteiger partial charge in [-0.3, -0.25) is 9.29 Å². The molecule has 6 heteroatoms. The summed E-state index contributed by atoms with van der Waals surface area (Å²) in [7, 11) is 0. The second-order valence-corrected chi connectivity index (χ2v) is 9.73. The van der Waals surface area contributed by atoms with Gasteiger partial charge in [0.15, 0.2) is 0 Å². The summed E-state index contributed by atoms with van der Waals surface area (Å²) in [5.41, 5.74) is 5.39. The van der Waals surface area contributed by atoms with Crippen LogP contribution in [0, 0.1) is 5.82 Å². The molecule has 2 aliphatic rings. The highest BCUT2D eigenvalue weighted by Gasteiger charge is 2.35. The maximum Gasteiger partial charge on any atom is 0.416 e. The highest BCUT2D eigenvalue weighted by molar-refractivity contribution is 6.00. The minimum absolute atomic E-state index is 0.0896. The van der Waals surface area contributed by atoms with E-state index in [0.717, 1.165) is 72.1 Å². The molecular weight excluding hydrogens is 481 g/mol. The van der Waals surface area contributed by atoms with Crippen molar-refractivity contribution < 1.29 is 22.0 Å². The Labute approximate surface area is 213 Å². The first-order valence-electron chi connectivity index (χ1n) is 12.6. The van der Waals surface area contributed by atoms with Gasteiger partial charge in [-0.25, -0.2) is 4.39 Å². The Morgan fingerprint density at radius 3 is 2.35 bits per heavy atom. The quantitative estimate of drug-likeness (QED) is 0.303. The number of hydrogen-bond acceptors (Lipinski definition) is 1. The Morgan fingerprint density at radius 1 is 0.865 bits per heavy atom. The van der Waals surface area contributed by atoms with Gasteiger partial charge in [-0.2, -0.15) is 13.2 Å². The molecule has 0 spiro atoms. The fourth-order valence-corrected chi connectivity index (χ4v) is 5.38. The SMILES string of the molecule is FCCCN1CC(=Cc2ccc(C3=C(c4cc(F)ccc4C(F)(F)F)CCCc4ccccc43)cc2)C1. The fourth-order valence-electron chi connectivity index (χ4n) is 5.38. The van der Waals surface area contributed by atoms with Crippen molar-refractivity contribution >= 4 is 17.2 Å². The number of likely N-dealkylation sites (tertiary alicyclic amines) is 1. The van der Waals surface area contributed by atoms with Gasteiger partial charge in [0.2, 0.25) is 0 Å². The van der Waals surface area contributed by atoms with Gasteiger partial charge in [0.25, 0.3) is 0 Å². The highest BCUT2D eigenvalue weighted by atomic mass is 19.4. The van der Waals surface area contributed by atoms with Crippen LogP contribution in [0.4, 0.5) is 22.0 Å². The molecule has 1 aliphatic carbocycles. The Morgan fingerprint density at radius 2 is 1.62 bits per heavy atom. The van der Waals surface area contributed by atoms with Crippen LogP contribution in [0.5, 0.6) is 0 Å². The maximum absolute atomic E-state index is 14.3. The predicted molar refractivity (Wildman–Crippen MR) is 138 cm³/mol. The molecule has 1 saturated heterocycles. The Hall–Kier alpha value is -3.25. The monoisotopic (exact) mass is 509 g/mol. The van der Waals surface area contributed by atoms with Crippen molar-refractivity contribution in [1.29, 1.82) is 0 Å². The highest BCUT2D eigenvalue weighted by Crippen LogP contribution is 2.44. The fraction of sp³-hybridized carbons (Fsp3) is 0.290. The standard InChI is InChI=1S/C31H28F5N/c32-15-4-16-37-19-22(20-37)17-21-9-11-24(12-10-21)30-26-7-2-1-5-23(26)6-3-8-27(30)28-18-25(33)13-14-29(28)31(34,35)36/h1-2,5,7,9-14,17-18H,3-4,6,8,15-16,19-20H2. The molecule has 3 aromatic rings. The largest absolute Gasteiger partial charge is 0.416 e. The lowest BCUT2D eigenvalue weighted by molar-refractivity contribution is -0.137. The zero-order valence-electron chi connectivity index (χ0n) is 20.4. The van der Waals surface area contributed by atoms with Crippen LogP contribution in [0.3, 0.4) is 0 Å². The molecule has 0 saturated carbocycles. The minimum atomic E-state index is -4.59. The molecule has 0 N–H and O–H groups in total. The number of halogens is 5. The number of nitrogens with zero attached hydrogens (tertiary/aromatic N) is 1. The predicted octanol–water partition coefficient (Wildman–Crippen LogP) is 8.20. The topological polar surface area (TPSA) is 3.24 Å². The molecular formula is C31H28F5N. The molecule has 1 heterocycles. The van der Waals surface area contributed by atoms with Crippen molar-refractivity contribution in [3.05, 3.63) is 112 Å². The van der Waals surface area contributed by atoms with E-state index in [1.165, 1.54) is 5.57 Å². The van der Waals surface area contributed by atoms with Crippen LogP contribution < -0.4 is 0 Å². The van der Waals surface area contributed by atoms with E-state index in [-0.39, 0.29) is 12.2 Å². The maximum atomic E-state index is 14.3. The number of allylic oxidation sites excluding steroid dienone is 1. The van der Waals surface area contributed by atoms with E-state index in [4.69, 9.17) is 0 Å². The number of fused-ring (bicyclic) bond motifs is 1. The van der Waals surface area contributed by atoms with Gasteiger partial charge in [-0.15, -0.1) is 0 Å². The molecule has 37 heavy (non-hydrogen) atoms. The van der Waals surface area contributed by atoms with E-state index in [9.17, 15) is 22.0 Å². The zero-order valence-corrected chi connectivity index (χ0v) is 20.4. The third-order valence-electron chi connectivity index (χ3n) is 7.11. The van der Waals surface area contributed by atoms with Crippen molar-refractivity contribution in [2.75, 3.05) is 26.3 Å². The van der Waals surface area contributed by atoms with Crippen molar-refractivity contribution in [2.24, 2.45) is 0 Å². The second-order valence-electron chi connectivity index (χ2n) is 9.73. The summed E-state index contributed by atoms with van der Waals surface area (Å²) in [6, 6.07) is 18.4. The summed E-state index contributed by atoms with van der Waals surface area (Å²) < 4.78 is 68.7. The molecule has 5 rings (SSSR count). The third-order valence-corrected chi connectivity index (χ3v) is 7.11. The summed E-state index contributed by atoms with van der Waals surface area (Å²) in [5.74, 6) is -0.685. The molecule has 0 radical (unpaired) electrons. The molecule has 1 nitrogen and oxygen atoms in total. The second kappa shape index (κ2) is 10.6. The molecule has 0 atom stereocenters. The van der Waals surface area contributed by atoms with Crippen molar-refractivity contribution in [3.8, 4) is 0 Å². The van der Waals surface area contributed by atoms with Gasteiger partial charge in [0.05, 0.1) is 12.2 Å². The number of alkyl halides is 4. The van der Waals surface area contributed by atoms with Gasteiger partial charge >= 0.3 is 6.18 Å². The van der Waals surface area contributed by atoms with Crippen LogP contribution in [-0.2, 0) is 12.6 Å². The number of benzene rings is 3. The van der Waals surface area contributed by atoms with Crippen LogP contribution in [-0.4, -0.2) is 31.2 Å². The molecule has 1 fully saturated rings. The molecule has 3 aromatic carbocycles. The Bertz CT molecular complexity index is 1330. The summed E-state index contributed by atoms with van der Waals surface area (Å²) in [6.45, 7) is 2.09. The lowest BCUT2D eigenvalue weighted by Crippen LogP contribution is -2.40. The van der Waals surface area contributed by atoms with E-state index in [1.807, 2.05) is 48.5 Å². The molecule has 0 amide bonds. The van der Waals surface area contributed by atoms with E-state index < -0.39 is 17.6 Å². The van der Waals surface area contributed by atoms with E-state index in [2.05, 4.69) is 11.0 Å². The molecule has 0 bridgehead atoms. The van der Waals surface area contributed by atoms with Gasteiger partial charge in [0, 0.05) is 19.6 Å². The Balaban J connectivity index is 1.58. The summed E-state index contributed by atoms with van der Waals surface area (Å²) in [5, 5.41) is 0. The van der Waals surface area contributed by atoms with Gasteiger partial charge in [-0.05, 0) is 88.4 Å². The molecule has 0 unspecified atom stereocenters. The lowest BCUT2D eigenvalue weighted by Gasteiger charge is -2.33. The molecule has 192 valence electrons. The normalized spacial score (nSPS) is 16.3. The Kier molecular flexibility index (Phi) is 7.29. The lowest BCUT2D eigenvalue weighted by atomic mass is 9.86. The molecule has 1 aliphatic heterocycles. The van der Waals surface area contributed by atoms with Crippen LogP contribution in [0.1, 0.15) is 52.6 Å².